The monoisotopic (exact) mass is 426 g/mol. The molecule has 0 rings (SSSR count). The Kier molecular flexibility index (Phi) is 13.6. The molecule has 0 radical (unpaired) electrons. The van der Waals surface area contributed by atoms with Crippen molar-refractivity contribution in [2.75, 3.05) is 47.5 Å². The molecule has 0 saturated heterocycles. The molecule has 0 aromatic heterocycles. The van der Waals surface area contributed by atoms with Gasteiger partial charge in [-0.05, 0) is 12.8 Å². The quantitative estimate of drug-likeness (QED) is 0.174. The van der Waals surface area contributed by atoms with Crippen LogP contribution in [-0.2, 0) is 32.7 Å². The lowest BCUT2D eigenvalue weighted by Crippen LogP contribution is -2.37. The molecule has 0 bridgehead atoms. The molecule has 9 nitrogen and oxygen atoms in total. The molecule has 2 atom stereocenters. The number of nitrogens with zero attached hydrogens (tertiary/aromatic N) is 1. The lowest BCUT2D eigenvalue weighted by atomic mass is 10.2. The Bertz CT molecular complexity index is 506. The second-order valence-electron chi connectivity index (χ2n) is 7.61. The van der Waals surface area contributed by atoms with Crippen LogP contribution in [0.5, 0.6) is 0 Å². The SMILES string of the molecule is CCCCCC(=O)O[C@@H](COC(=O)CCC)COP(=O)(O)OCC[N+](C)(C)C. The number of ether oxygens (including phenoxy) is 2. The zero-order valence-electron chi connectivity index (χ0n) is 17.8. The molecule has 10 heteroatoms. The van der Waals surface area contributed by atoms with E-state index in [2.05, 4.69) is 0 Å². The fraction of sp³-hybridized carbons (Fsp3) is 0.889. The van der Waals surface area contributed by atoms with E-state index in [4.69, 9.17) is 18.5 Å². The van der Waals surface area contributed by atoms with Crippen molar-refractivity contribution in [2.45, 2.75) is 58.5 Å². The minimum atomic E-state index is -4.30. The first-order valence-electron chi connectivity index (χ1n) is 9.76. The van der Waals surface area contributed by atoms with Crippen LogP contribution in [0, 0.1) is 0 Å². The summed E-state index contributed by atoms with van der Waals surface area (Å²) in [5.74, 6) is -0.895. The minimum absolute atomic E-state index is 0.0320. The number of rotatable bonds is 16. The Morgan fingerprint density at radius 2 is 1.64 bits per heavy atom. The summed E-state index contributed by atoms with van der Waals surface area (Å²) in [4.78, 5) is 33.3. The first-order valence-corrected chi connectivity index (χ1v) is 11.3. The molecule has 1 unspecified atom stereocenters. The number of phosphoric acid groups is 1. The Hall–Kier alpha value is -0.990. The molecule has 0 aromatic rings. The molecule has 0 aliphatic heterocycles. The number of phosphoric ester groups is 1. The van der Waals surface area contributed by atoms with Gasteiger partial charge in [0.1, 0.15) is 19.8 Å². The third-order valence-corrected chi connectivity index (χ3v) is 4.59. The maximum atomic E-state index is 12.0. The summed E-state index contributed by atoms with van der Waals surface area (Å²) in [5, 5.41) is 0. The predicted molar refractivity (Wildman–Crippen MR) is 105 cm³/mol. The van der Waals surface area contributed by atoms with Gasteiger partial charge in [0.15, 0.2) is 6.10 Å². The van der Waals surface area contributed by atoms with E-state index in [1.54, 1.807) is 0 Å². The lowest BCUT2D eigenvalue weighted by Gasteiger charge is -2.24. The summed E-state index contributed by atoms with van der Waals surface area (Å²) in [7, 11) is 1.46. The Balaban J connectivity index is 4.60. The van der Waals surface area contributed by atoms with E-state index in [9.17, 15) is 19.0 Å². The van der Waals surface area contributed by atoms with E-state index in [1.807, 2.05) is 35.0 Å². The Labute approximate surface area is 168 Å². The van der Waals surface area contributed by atoms with E-state index in [1.165, 1.54) is 0 Å². The first-order chi connectivity index (χ1) is 13.0. The van der Waals surface area contributed by atoms with Gasteiger partial charge in [-0.3, -0.25) is 18.6 Å². The van der Waals surface area contributed by atoms with Gasteiger partial charge in [0.05, 0.1) is 27.7 Å². The molecule has 0 saturated carbocycles. The van der Waals surface area contributed by atoms with Gasteiger partial charge in [-0.15, -0.1) is 0 Å². The summed E-state index contributed by atoms with van der Waals surface area (Å²) in [5.41, 5.74) is 0. The summed E-state index contributed by atoms with van der Waals surface area (Å²) in [6, 6.07) is 0. The highest BCUT2D eigenvalue weighted by Gasteiger charge is 2.26. The van der Waals surface area contributed by atoms with Crippen LogP contribution in [0.25, 0.3) is 0 Å². The molecule has 1 N–H and O–H groups in total. The van der Waals surface area contributed by atoms with Crippen LogP contribution in [0.3, 0.4) is 0 Å². The Morgan fingerprint density at radius 1 is 0.964 bits per heavy atom. The maximum Gasteiger partial charge on any atom is 0.472 e. The summed E-state index contributed by atoms with van der Waals surface area (Å²) in [6.45, 7) is 3.76. The van der Waals surface area contributed by atoms with Crippen LogP contribution in [-0.4, -0.2) is 74.9 Å². The topological polar surface area (TPSA) is 108 Å². The smallest absolute Gasteiger partial charge is 0.462 e. The molecule has 0 aliphatic rings. The number of carbonyl (C=O) groups excluding carboxylic acids is 2. The zero-order chi connectivity index (χ0) is 21.6. The molecule has 0 heterocycles. The second kappa shape index (κ2) is 14.1. The van der Waals surface area contributed by atoms with Gasteiger partial charge in [0, 0.05) is 12.8 Å². The molecule has 0 amide bonds. The van der Waals surface area contributed by atoms with Crippen molar-refractivity contribution < 1.29 is 42.1 Å². The van der Waals surface area contributed by atoms with Crippen LogP contribution >= 0.6 is 7.82 Å². The van der Waals surface area contributed by atoms with Gasteiger partial charge in [0.25, 0.3) is 0 Å². The van der Waals surface area contributed by atoms with Crippen molar-refractivity contribution >= 4 is 19.8 Å². The van der Waals surface area contributed by atoms with Gasteiger partial charge in [-0.2, -0.15) is 0 Å². The second-order valence-corrected chi connectivity index (χ2v) is 9.07. The Morgan fingerprint density at radius 3 is 2.21 bits per heavy atom. The fourth-order valence-electron chi connectivity index (χ4n) is 1.99. The zero-order valence-corrected chi connectivity index (χ0v) is 18.7. The van der Waals surface area contributed by atoms with Crippen LogP contribution in [0.4, 0.5) is 0 Å². The maximum absolute atomic E-state index is 12.0. The number of esters is 2. The minimum Gasteiger partial charge on any atom is -0.462 e. The van der Waals surface area contributed by atoms with Crippen molar-refractivity contribution in [1.82, 2.24) is 0 Å². The molecular formula is C18H37NO8P+. The van der Waals surface area contributed by atoms with Crippen LogP contribution in [0.1, 0.15) is 52.4 Å². The molecule has 0 fully saturated rings. The van der Waals surface area contributed by atoms with E-state index < -0.39 is 32.5 Å². The molecule has 0 spiro atoms. The highest BCUT2D eigenvalue weighted by Crippen LogP contribution is 2.43. The summed E-state index contributed by atoms with van der Waals surface area (Å²) in [6.07, 6.45) is 2.67. The van der Waals surface area contributed by atoms with Crippen molar-refractivity contribution in [2.24, 2.45) is 0 Å². The number of likely N-dealkylation sites (N-methyl/N-ethyl adjacent to an activating group) is 1. The highest BCUT2D eigenvalue weighted by molar-refractivity contribution is 7.47. The van der Waals surface area contributed by atoms with E-state index in [0.717, 1.165) is 12.8 Å². The molecule has 166 valence electrons. The third kappa shape index (κ3) is 16.0. The number of hydrogen-bond acceptors (Lipinski definition) is 7. The van der Waals surface area contributed by atoms with Crippen molar-refractivity contribution in [3.05, 3.63) is 0 Å². The van der Waals surface area contributed by atoms with Gasteiger partial charge in [-0.1, -0.05) is 26.7 Å². The molecular weight excluding hydrogens is 389 g/mol. The van der Waals surface area contributed by atoms with Gasteiger partial charge in [-0.25, -0.2) is 4.57 Å². The standard InChI is InChI=1S/C18H36NO8P/c1-6-8-9-11-18(21)27-16(14-24-17(20)10-7-2)15-26-28(22,23)25-13-12-19(3,4)5/h16H,6-15H2,1-5H3/p+1/t16-/m0/s1. The predicted octanol–water partition coefficient (Wildman–Crippen LogP) is 2.66. The average molecular weight is 426 g/mol. The van der Waals surface area contributed by atoms with E-state index >= 15 is 0 Å². The van der Waals surface area contributed by atoms with Gasteiger partial charge in [0.2, 0.25) is 0 Å². The average Bonchev–Trinajstić information content (AvgIpc) is 2.56. The third-order valence-electron chi connectivity index (χ3n) is 3.61. The first kappa shape index (κ1) is 27.0. The van der Waals surface area contributed by atoms with Gasteiger partial charge >= 0.3 is 19.8 Å². The number of unbranched alkanes of at least 4 members (excludes halogenated alkanes) is 2. The van der Waals surface area contributed by atoms with Gasteiger partial charge < -0.3 is 18.9 Å². The van der Waals surface area contributed by atoms with Crippen molar-refractivity contribution in [3.8, 4) is 0 Å². The van der Waals surface area contributed by atoms with E-state index in [0.29, 0.717) is 23.9 Å². The van der Waals surface area contributed by atoms with Crippen molar-refractivity contribution in [3.63, 3.8) is 0 Å². The van der Waals surface area contributed by atoms with E-state index in [-0.39, 0.29) is 26.1 Å². The molecule has 0 aliphatic carbocycles. The largest absolute Gasteiger partial charge is 0.472 e. The summed E-state index contributed by atoms with van der Waals surface area (Å²) >= 11 is 0. The van der Waals surface area contributed by atoms with Crippen molar-refractivity contribution in [1.29, 1.82) is 0 Å². The highest BCUT2D eigenvalue weighted by atomic mass is 31.2. The normalized spacial score (nSPS) is 14.9. The van der Waals surface area contributed by atoms with Crippen LogP contribution in [0.15, 0.2) is 0 Å². The van der Waals surface area contributed by atoms with Crippen LogP contribution < -0.4 is 0 Å². The van der Waals surface area contributed by atoms with Crippen LogP contribution in [0.2, 0.25) is 0 Å². The summed E-state index contributed by atoms with van der Waals surface area (Å²) < 4.78 is 32.7. The fourth-order valence-corrected chi connectivity index (χ4v) is 2.73. The number of quaternary nitrogens is 1. The molecule has 28 heavy (non-hydrogen) atoms. The molecule has 0 aromatic carbocycles. The lowest BCUT2D eigenvalue weighted by molar-refractivity contribution is -0.870. The number of carbonyl (C=O) groups is 2. The number of hydrogen-bond donors (Lipinski definition) is 1.